The minimum absolute atomic E-state index is 0.0294. The number of benzene rings is 1. The maximum atomic E-state index is 13.2. The van der Waals surface area contributed by atoms with E-state index in [-0.39, 0.29) is 27.8 Å². The number of halogens is 4. The molecular weight excluding hydrogens is 321 g/mol. The quantitative estimate of drug-likeness (QED) is 0.718. The first-order valence-corrected chi connectivity index (χ1v) is 6.44. The van der Waals surface area contributed by atoms with Crippen LogP contribution in [0.25, 0.3) is 11.0 Å². The van der Waals surface area contributed by atoms with E-state index in [1.807, 2.05) is 0 Å². The summed E-state index contributed by atoms with van der Waals surface area (Å²) >= 11 is 5.69. The Morgan fingerprint density at radius 2 is 1.95 bits per heavy atom. The van der Waals surface area contributed by atoms with Crippen molar-refractivity contribution in [3.8, 4) is 11.6 Å². The van der Waals surface area contributed by atoms with E-state index in [0.717, 1.165) is 12.4 Å². The van der Waals surface area contributed by atoms with E-state index >= 15 is 0 Å². The molecule has 3 rings (SSSR count). The first-order valence-electron chi connectivity index (χ1n) is 6.06. The number of imidazole rings is 1. The van der Waals surface area contributed by atoms with Gasteiger partial charge in [-0.05, 0) is 13.0 Å². The van der Waals surface area contributed by atoms with Crippen molar-refractivity contribution in [2.45, 2.75) is 13.1 Å². The fourth-order valence-corrected chi connectivity index (χ4v) is 2.12. The number of hydrogen-bond acceptors (Lipinski definition) is 4. The fraction of sp³-hybridized carbons (Fsp3) is 0.154. The summed E-state index contributed by atoms with van der Waals surface area (Å²) in [6.45, 7) is 1.57. The molecule has 114 valence electrons. The third-order valence-electron chi connectivity index (χ3n) is 2.81. The lowest BCUT2D eigenvalue weighted by molar-refractivity contribution is -0.136. The van der Waals surface area contributed by atoms with E-state index in [2.05, 4.69) is 19.9 Å². The topological polar surface area (TPSA) is 63.7 Å². The van der Waals surface area contributed by atoms with Crippen LogP contribution in [0.4, 0.5) is 13.2 Å². The standard InChI is InChI=1S/C13H8ClF3N4O/c1-6-20-9-3-7(22-11-4-10(14)18-5-19-11)2-8(12(9)21-6)13(15,16)17/h2-5H,1H3,(H,20,21). The molecule has 22 heavy (non-hydrogen) atoms. The van der Waals surface area contributed by atoms with Gasteiger partial charge in [-0.15, -0.1) is 0 Å². The Balaban J connectivity index is 2.10. The van der Waals surface area contributed by atoms with Crippen molar-refractivity contribution in [3.63, 3.8) is 0 Å². The van der Waals surface area contributed by atoms with Crippen LogP contribution >= 0.6 is 11.6 Å². The number of rotatable bonds is 2. The molecular formula is C13H8ClF3N4O. The average Bonchev–Trinajstić information content (AvgIpc) is 2.76. The summed E-state index contributed by atoms with van der Waals surface area (Å²) in [7, 11) is 0. The van der Waals surface area contributed by atoms with Crippen LogP contribution in [0.2, 0.25) is 5.15 Å². The number of aromatic amines is 1. The molecule has 0 amide bonds. The highest BCUT2D eigenvalue weighted by molar-refractivity contribution is 6.29. The molecule has 1 aromatic carbocycles. The number of H-pyrrole nitrogens is 1. The van der Waals surface area contributed by atoms with Crippen LogP contribution in [0.5, 0.6) is 11.6 Å². The second-order valence-electron chi connectivity index (χ2n) is 4.47. The van der Waals surface area contributed by atoms with Gasteiger partial charge in [-0.2, -0.15) is 13.2 Å². The van der Waals surface area contributed by atoms with Gasteiger partial charge in [-0.1, -0.05) is 11.6 Å². The van der Waals surface area contributed by atoms with Crippen molar-refractivity contribution in [1.29, 1.82) is 0 Å². The van der Waals surface area contributed by atoms with Crippen molar-refractivity contribution >= 4 is 22.6 Å². The van der Waals surface area contributed by atoms with Crippen LogP contribution in [0.3, 0.4) is 0 Å². The molecule has 2 aromatic heterocycles. The second-order valence-corrected chi connectivity index (χ2v) is 4.86. The Kier molecular flexibility index (Phi) is 3.40. The number of ether oxygens (including phenoxy) is 1. The number of aromatic nitrogens is 4. The van der Waals surface area contributed by atoms with Gasteiger partial charge in [0.2, 0.25) is 5.88 Å². The zero-order valence-corrected chi connectivity index (χ0v) is 11.8. The lowest BCUT2D eigenvalue weighted by Crippen LogP contribution is -2.06. The summed E-state index contributed by atoms with van der Waals surface area (Å²) < 4.78 is 44.8. The van der Waals surface area contributed by atoms with Crippen molar-refractivity contribution in [3.05, 3.63) is 41.1 Å². The molecule has 0 radical (unpaired) electrons. The molecule has 0 saturated heterocycles. The van der Waals surface area contributed by atoms with Gasteiger partial charge in [0.25, 0.3) is 0 Å². The first kappa shape index (κ1) is 14.6. The van der Waals surface area contributed by atoms with Gasteiger partial charge in [-0.25, -0.2) is 15.0 Å². The number of nitrogens with one attached hydrogen (secondary N) is 1. The highest BCUT2D eigenvalue weighted by Crippen LogP contribution is 2.37. The van der Waals surface area contributed by atoms with Crippen LogP contribution in [0, 0.1) is 6.92 Å². The van der Waals surface area contributed by atoms with Gasteiger partial charge >= 0.3 is 6.18 Å². The highest BCUT2D eigenvalue weighted by atomic mass is 35.5. The lowest BCUT2D eigenvalue weighted by atomic mass is 10.1. The van der Waals surface area contributed by atoms with E-state index in [1.165, 1.54) is 12.1 Å². The number of fused-ring (bicyclic) bond motifs is 1. The minimum Gasteiger partial charge on any atom is -0.439 e. The molecule has 1 N–H and O–H groups in total. The van der Waals surface area contributed by atoms with E-state index in [1.54, 1.807) is 6.92 Å². The highest BCUT2D eigenvalue weighted by Gasteiger charge is 2.34. The summed E-state index contributed by atoms with van der Waals surface area (Å²) in [6, 6.07) is 3.59. The van der Waals surface area contributed by atoms with E-state index in [4.69, 9.17) is 16.3 Å². The Bertz CT molecular complexity index is 847. The second kappa shape index (κ2) is 5.13. The molecule has 0 fully saturated rings. The van der Waals surface area contributed by atoms with Crippen LogP contribution in [-0.4, -0.2) is 19.9 Å². The van der Waals surface area contributed by atoms with Crippen LogP contribution in [-0.2, 0) is 6.18 Å². The predicted molar refractivity (Wildman–Crippen MR) is 72.9 cm³/mol. The van der Waals surface area contributed by atoms with E-state index < -0.39 is 11.7 Å². The number of aryl methyl sites for hydroxylation is 1. The fourth-order valence-electron chi connectivity index (χ4n) is 1.98. The smallest absolute Gasteiger partial charge is 0.418 e. The SMILES string of the molecule is Cc1nc2c(C(F)(F)F)cc(Oc3cc(Cl)ncn3)cc2[nH]1. The molecule has 5 nitrogen and oxygen atoms in total. The molecule has 0 aliphatic carbocycles. The average molecular weight is 329 g/mol. The monoisotopic (exact) mass is 328 g/mol. The molecule has 0 bridgehead atoms. The number of alkyl halides is 3. The maximum Gasteiger partial charge on any atom is 0.418 e. The van der Waals surface area contributed by atoms with Gasteiger partial charge in [0.1, 0.15) is 28.6 Å². The van der Waals surface area contributed by atoms with Crippen molar-refractivity contribution in [2.24, 2.45) is 0 Å². The van der Waals surface area contributed by atoms with Gasteiger partial charge in [-0.3, -0.25) is 0 Å². The van der Waals surface area contributed by atoms with Gasteiger partial charge in [0.15, 0.2) is 0 Å². The Morgan fingerprint density at radius 1 is 1.18 bits per heavy atom. The first-order chi connectivity index (χ1) is 10.3. The van der Waals surface area contributed by atoms with Crippen molar-refractivity contribution in [1.82, 2.24) is 19.9 Å². The van der Waals surface area contributed by atoms with Gasteiger partial charge < -0.3 is 9.72 Å². The van der Waals surface area contributed by atoms with Gasteiger partial charge in [0, 0.05) is 12.1 Å². The third-order valence-corrected chi connectivity index (χ3v) is 3.02. The third kappa shape index (κ3) is 2.82. The predicted octanol–water partition coefficient (Wildman–Crippen LogP) is 4.13. The Hall–Kier alpha value is -2.35. The van der Waals surface area contributed by atoms with E-state index in [9.17, 15) is 13.2 Å². The Morgan fingerprint density at radius 3 is 2.64 bits per heavy atom. The summed E-state index contributed by atoms with van der Waals surface area (Å²) in [6.07, 6.45) is -3.40. The van der Waals surface area contributed by atoms with Crippen molar-refractivity contribution in [2.75, 3.05) is 0 Å². The summed E-state index contributed by atoms with van der Waals surface area (Å²) in [4.78, 5) is 14.1. The molecule has 0 atom stereocenters. The van der Waals surface area contributed by atoms with Crippen LogP contribution < -0.4 is 4.74 Å². The normalized spacial score (nSPS) is 11.9. The Labute approximate surface area is 127 Å². The zero-order valence-electron chi connectivity index (χ0n) is 11.1. The number of nitrogens with zero attached hydrogens (tertiary/aromatic N) is 3. The lowest BCUT2D eigenvalue weighted by Gasteiger charge is -2.10. The van der Waals surface area contributed by atoms with Crippen molar-refractivity contribution < 1.29 is 17.9 Å². The summed E-state index contributed by atoms with van der Waals surface area (Å²) in [5, 5.41) is 0.125. The molecule has 2 heterocycles. The summed E-state index contributed by atoms with van der Waals surface area (Å²) in [5.74, 6) is 0.393. The summed E-state index contributed by atoms with van der Waals surface area (Å²) in [5.41, 5.74) is -0.815. The van der Waals surface area contributed by atoms with Gasteiger partial charge in [0.05, 0.1) is 11.1 Å². The van der Waals surface area contributed by atoms with E-state index in [0.29, 0.717) is 5.82 Å². The molecule has 0 spiro atoms. The molecule has 3 aromatic rings. The molecule has 0 unspecified atom stereocenters. The molecule has 0 aliphatic rings. The van der Waals surface area contributed by atoms with Crippen LogP contribution in [0.1, 0.15) is 11.4 Å². The maximum absolute atomic E-state index is 13.2. The minimum atomic E-state index is -4.55. The molecule has 9 heteroatoms. The molecule has 0 aliphatic heterocycles. The van der Waals surface area contributed by atoms with Crippen LogP contribution in [0.15, 0.2) is 24.5 Å². The number of hydrogen-bond donors (Lipinski definition) is 1. The zero-order chi connectivity index (χ0) is 15.9. The molecule has 0 saturated carbocycles. The largest absolute Gasteiger partial charge is 0.439 e.